The monoisotopic (exact) mass is 916 g/mol. The topological polar surface area (TPSA) is 93.8 Å². The van der Waals surface area contributed by atoms with Crippen LogP contribution < -0.4 is 0 Å². The Bertz CT molecular complexity index is 2940. The molecule has 0 radical (unpaired) electrons. The second-order valence-corrected chi connectivity index (χ2v) is 19.6. The SMILES string of the molecule is CCN(CC)C(=O)C1Sc2ccccc2-c2c1c1ccccc1n2CCF.CCN(CC)C(=O)C1Sc2ccccc2-c2c1c1ccccc1n2CCOS(=O)(=O)c1ccc(C)cc1. The minimum absolute atomic E-state index is 0.0225. The zero-order valence-corrected chi connectivity index (χ0v) is 39.2. The molecule has 2 amide bonds. The van der Waals surface area contributed by atoms with Crippen molar-refractivity contribution in [2.75, 3.05) is 39.5 Å². The van der Waals surface area contributed by atoms with Gasteiger partial charge in [-0.25, -0.2) is 4.39 Å². The minimum atomic E-state index is -3.89. The maximum Gasteiger partial charge on any atom is 0.297 e. The Labute approximate surface area is 383 Å². The summed E-state index contributed by atoms with van der Waals surface area (Å²) in [5, 5.41) is 1.37. The van der Waals surface area contributed by atoms with Gasteiger partial charge >= 0.3 is 0 Å². The third-order valence-electron chi connectivity index (χ3n) is 12.1. The number of aromatic nitrogens is 2. The van der Waals surface area contributed by atoms with Gasteiger partial charge < -0.3 is 18.9 Å². The van der Waals surface area contributed by atoms with Crippen LogP contribution in [-0.4, -0.2) is 78.6 Å². The van der Waals surface area contributed by atoms with Crippen LogP contribution in [-0.2, 0) is 37.0 Å². The van der Waals surface area contributed by atoms with Crippen molar-refractivity contribution in [1.29, 1.82) is 0 Å². The summed E-state index contributed by atoms with van der Waals surface area (Å²) in [6.45, 7) is 12.8. The van der Waals surface area contributed by atoms with Gasteiger partial charge in [-0.15, -0.1) is 23.5 Å². The summed E-state index contributed by atoms with van der Waals surface area (Å²) in [6, 6.07) is 38.9. The number of carbonyl (C=O) groups is 2. The van der Waals surface area contributed by atoms with Gasteiger partial charge in [-0.2, -0.15) is 8.42 Å². The average molecular weight is 917 g/mol. The molecule has 7 aromatic rings. The smallest absolute Gasteiger partial charge is 0.297 e. The largest absolute Gasteiger partial charge is 0.342 e. The van der Waals surface area contributed by atoms with Gasteiger partial charge in [0.25, 0.3) is 10.1 Å². The van der Waals surface area contributed by atoms with E-state index in [-0.39, 0.29) is 33.8 Å². The fraction of sp³-hybridized carbons (Fsp3) is 0.294. The highest BCUT2D eigenvalue weighted by atomic mass is 32.2. The molecular formula is C51H53FN4O5S3. The molecule has 64 heavy (non-hydrogen) atoms. The maximum atomic E-state index is 13.7. The van der Waals surface area contributed by atoms with Crippen LogP contribution in [0.3, 0.4) is 0 Å². The number of benzene rings is 5. The van der Waals surface area contributed by atoms with E-state index < -0.39 is 16.8 Å². The Morgan fingerprint density at radius 2 is 1.03 bits per heavy atom. The molecule has 0 aliphatic carbocycles. The van der Waals surface area contributed by atoms with Gasteiger partial charge in [-0.05, 0) is 71.0 Å². The van der Waals surface area contributed by atoms with Gasteiger partial charge in [0, 0.05) is 86.6 Å². The zero-order chi connectivity index (χ0) is 45.1. The van der Waals surface area contributed by atoms with Crippen molar-refractivity contribution >= 4 is 67.3 Å². The van der Waals surface area contributed by atoms with Crippen molar-refractivity contribution in [2.45, 2.75) is 72.9 Å². The van der Waals surface area contributed by atoms with Crippen LogP contribution in [0.4, 0.5) is 4.39 Å². The lowest BCUT2D eigenvalue weighted by Crippen LogP contribution is -2.34. The first-order chi connectivity index (χ1) is 31.1. The Balaban J connectivity index is 0.000000184. The molecule has 0 bridgehead atoms. The molecule has 0 spiro atoms. The number of rotatable bonds is 13. The van der Waals surface area contributed by atoms with E-state index >= 15 is 0 Å². The summed E-state index contributed by atoms with van der Waals surface area (Å²) in [5.41, 5.74) is 9.03. The van der Waals surface area contributed by atoms with E-state index in [4.69, 9.17) is 4.18 Å². The molecule has 0 saturated carbocycles. The Morgan fingerprint density at radius 1 is 0.609 bits per heavy atom. The first-order valence-electron chi connectivity index (χ1n) is 21.9. The number of nitrogens with zero attached hydrogens (tertiary/aromatic N) is 4. The molecule has 2 atom stereocenters. The highest BCUT2D eigenvalue weighted by Gasteiger charge is 2.39. The number of carbonyl (C=O) groups excluding carboxylic acids is 2. The lowest BCUT2D eigenvalue weighted by molar-refractivity contribution is -0.131. The predicted octanol–water partition coefficient (Wildman–Crippen LogP) is 11.3. The van der Waals surface area contributed by atoms with Crippen LogP contribution in [0.1, 0.15) is 54.9 Å². The van der Waals surface area contributed by atoms with Gasteiger partial charge in [-0.1, -0.05) is 90.5 Å². The molecule has 2 aromatic heterocycles. The maximum absolute atomic E-state index is 13.7. The van der Waals surface area contributed by atoms with Crippen molar-refractivity contribution < 1.29 is 26.6 Å². The molecule has 0 N–H and O–H groups in total. The third-order valence-corrected chi connectivity index (χ3v) is 16.0. The number of alkyl halides is 1. The molecular weight excluding hydrogens is 864 g/mol. The van der Waals surface area contributed by atoms with Gasteiger partial charge in [0.05, 0.1) is 29.4 Å². The summed E-state index contributed by atoms with van der Waals surface area (Å²) in [6.07, 6.45) is 0. The average Bonchev–Trinajstić information content (AvgIpc) is 3.83. The Morgan fingerprint density at radius 3 is 1.48 bits per heavy atom. The van der Waals surface area contributed by atoms with Crippen LogP contribution >= 0.6 is 23.5 Å². The second-order valence-electron chi connectivity index (χ2n) is 15.6. The minimum Gasteiger partial charge on any atom is -0.342 e. The van der Waals surface area contributed by atoms with Gasteiger partial charge in [0.1, 0.15) is 17.2 Å². The third kappa shape index (κ3) is 8.39. The number of fused-ring (bicyclic) bond motifs is 10. The van der Waals surface area contributed by atoms with Crippen molar-refractivity contribution in [2.24, 2.45) is 0 Å². The van der Waals surface area contributed by atoms with E-state index in [2.05, 4.69) is 28.8 Å². The number of thioether (sulfide) groups is 2. The molecule has 13 heteroatoms. The quantitative estimate of drug-likeness (QED) is 0.106. The summed E-state index contributed by atoms with van der Waals surface area (Å²) < 4.78 is 48.7. The number of para-hydroxylation sites is 2. The number of aryl methyl sites for hydroxylation is 2. The first kappa shape index (κ1) is 45.2. The Hall–Kier alpha value is -5.34. The van der Waals surface area contributed by atoms with Crippen molar-refractivity contribution in [3.8, 4) is 22.5 Å². The fourth-order valence-electron chi connectivity index (χ4n) is 8.98. The molecule has 2 aliphatic rings. The number of halogens is 1. The Kier molecular flexibility index (Phi) is 13.7. The van der Waals surface area contributed by atoms with E-state index in [1.165, 1.54) is 0 Å². The highest BCUT2D eigenvalue weighted by molar-refractivity contribution is 8.00. The van der Waals surface area contributed by atoms with Crippen LogP contribution in [0, 0.1) is 6.92 Å². The lowest BCUT2D eigenvalue weighted by atomic mass is 10.0. The molecule has 0 fully saturated rings. The van der Waals surface area contributed by atoms with Crippen molar-refractivity contribution in [3.63, 3.8) is 0 Å². The number of amides is 2. The summed E-state index contributed by atoms with van der Waals surface area (Å²) >= 11 is 3.20. The second kappa shape index (κ2) is 19.4. The molecule has 332 valence electrons. The summed E-state index contributed by atoms with van der Waals surface area (Å²) in [7, 11) is -3.89. The van der Waals surface area contributed by atoms with E-state index in [1.54, 1.807) is 47.8 Å². The summed E-state index contributed by atoms with van der Waals surface area (Å²) in [5.74, 6) is 0.218. The van der Waals surface area contributed by atoms with Gasteiger partial charge in [0.15, 0.2) is 0 Å². The number of hydrogen-bond donors (Lipinski definition) is 0. The van der Waals surface area contributed by atoms with E-state index in [1.807, 2.05) is 122 Å². The molecule has 0 saturated heterocycles. The van der Waals surface area contributed by atoms with Crippen molar-refractivity contribution in [1.82, 2.24) is 18.9 Å². The van der Waals surface area contributed by atoms with Crippen LogP contribution in [0.25, 0.3) is 44.3 Å². The van der Waals surface area contributed by atoms with Crippen LogP contribution in [0.2, 0.25) is 0 Å². The molecule has 2 unspecified atom stereocenters. The first-order valence-corrected chi connectivity index (χ1v) is 25.1. The zero-order valence-electron chi connectivity index (χ0n) is 36.8. The predicted molar refractivity (Wildman–Crippen MR) is 258 cm³/mol. The van der Waals surface area contributed by atoms with Gasteiger partial charge in [0.2, 0.25) is 11.8 Å². The molecule has 4 heterocycles. The van der Waals surface area contributed by atoms with E-state index in [0.717, 1.165) is 70.8 Å². The van der Waals surface area contributed by atoms with Crippen LogP contribution in [0.5, 0.6) is 0 Å². The lowest BCUT2D eigenvalue weighted by Gasteiger charge is -2.30. The standard InChI is InChI=1S/C29H30N2O4S2.C22H23FN2OS/c1-4-30(5-2)29(32)28-26-22-10-6-8-12-24(22)31(27(26)23-11-7-9-13-25(23)36-28)18-19-35-37(33,34)21-16-14-20(3)15-17-21;1-3-24(4-2)22(26)21-19-15-9-5-7-11-17(15)25(14-13-23)20(19)16-10-6-8-12-18(16)27-21/h6-17,28H,4-5,18-19H2,1-3H3;5-12,21H,3-4,13-14H2,1-2H3. The van der Waals surface area contributed by atoms with E-state index in [9.17, 15) is 22.4 Å². The molecule has 2 aliphatic heterocycles. The molecule has 5 aromatic carbocycles. The normalized spacial score (nSPS) is 15.1. The number of hydrogen-bond acceptors (Lipinski definition) is 7. The fourth-order valence-corrected chi connectivity index (χ4v) is 12.5. The summed E-state index contributed by atoms with van der Waals surface area (Å²) in [4.78, 5) is 33.1. The molecule has 9 rings (SSSR count). The van der Waals surface area contributed by atoms with Crippen LogP contribution in [0.15, 0.2) is 136 Å². The van der Waals surface area contributed by atoms with Crippen molar-refractivity contribution in [3.05, 3.63) is 138 Å². The van der Waals surface area contributed by atoms with Gasteiger partial charge in [-0.3, -0.25) is 13.8 Å². The number of likely N-dealkylation sites (N-methyl/N-ethyl adjacent to an activating group) is 2. The van der Waals surface area contributed by atoms with E-state index in [0.29, 0.717) is 39.3 Å². The molecule has 9 nitrogen and oxygen atoms in total. The highest BCUT2D eigenvalue weighted by Crippen LogP contribution is 2.54.